The fourth-order valence-corrected chi connectivity index (χ4v) is 1.62. The Morgan fingerprint density at radius 2 is 1.25 bits per heavy atom. The Morgan fingerprint density at radius 1 is 0.800 bits per heavy atom. The van der Waals surface area contributed by atoms with E-state index in [4.69, 9.17) is 0 Å². The minimum atomic E-state index is 0.925. The quantitative estimate of drug-likeness (QED) is 0.438. The van der Waals surface area contributed by atoms with Crippen molar-refractivity contribution in [2.45, 2.75) is 26.7 Å². The van der Waals surface area contributed by atoms with E-state index >= 15 is 0 Å². The van der Waals surface area contributed by atoms with Crippen molar-refractivity contribution in [3.05, 3.63) is 83.3 Å². The van der Waals surface area contributed by atoms with E-state index in [0.29, 0.717) is 0 Å². The van der Waals surface area contributed by atoms with E-state index < -0.39 is 0 Å². The minimum absolute atomic E-state index is 0.925. The maximum Gasteiger partial charge on any atom is -0.00930 e. The van der Waals surface area contributed by atoms with Gasteiger partial charge in [0.1, 0.15) is 0 Å². The predicted molar refractivity (Wildman–Crippen MR) is 90.4 cm³/mol. The fourth-order valence-electron chi connectivity index (χ4n) is 1.62. The minimum Gasteiger partial charge on any atom is -0.124 e. The molecule has 0 atom stereocenters. The highest BCUT2D eigenvalue weighted by atomic mass is 14.0. The Labute approximate surface area is 122 Å². The first-order chi connectivity index (χ1) is 9.88. The van der Waals surface area contributed by atoms with Gasteiger partial charge in [0.05, 0.1) is 0 Å². The van der Waals surface area contributed by atoms with Crippen LogP contribution in [0.25, 0.3) is 12.2 Å². The highest BCUT2D eigenvalue weighted by Gasteiger charge is 1.92. The molecule has 0 spiro atoms. The van der Waals surface area contributed by atoms with Crippen molar-refractivity contribution in [2.24, 2.45) is 0 Å². The molecule has 0 aromatic heterocycles. The standard InChI is InChI=1S/C20H22/c1-3-5-7-9-11-15-19-17-13-14-18-20(19)16-12-10-8-6-4-2/h3-6,9-10,13-18H,7-8H2,1-2H3. The van der Waals surface area contributed by atoms with Crippen LogP contribution in [0.2, 0.25) is 0 Å². The van der Waals surface area contributed by atoms with Crippen LogP contribution in [-0.4, -0.2) is 0 Å². The molecule has 0 bridgehead atoms. The van der Waals surface area contributed by atoms with Crippen LogP contribution in [0.5, 0.6) is 0 Å². The van der Waals surface area contributed by atoms with Crippen molar-refractivity contribution < 1.29 is 0 Å². The summed E-state index contributed by atoms with van der Waals surface area (Å²) in [5, 5.41) is 0. The average Bonchev–Trinajstić information content (AvgIpc) is 2.48. The molecule has 1 aromatic rings. The third kappa shape index (κ3) is 6.61. The van der Waals surface area contributed by atoms with Gasteiger partial charge in [-0.15, -0.1) is 11.5 Å². The van der Waals surface area contributed by atoms with Crippen LogP contribution in [0.3, 0.4) is 0 Å². The molecule has 0 radical (unpaired) electrons. The highest BCUT2D eigenvalue weighted by molar-refractivity contribution is 5.64. The summed E-state index contributed by atoms with van der Waals surface area (Å²) in [5.74, 6) is 0. The molecule has 0 saturated carbocycles. The lowest BCUT2D eigenvalue weighted by Gasteiger charge is -1.96. The zero-order chi connectivity index (χ0) is 14.5. The van der Waals surface area contributed by atoms with Gasteiger partial charge in [-0.3, -0.25) is 0 Å². The lowest BCUT2D eigenvalue weighted by molar-refractivity contribution is 1.38. The lowest BCUT2D eigenvalue weighted by atomic mass is 10.1. The second kappa shape index (κ2) is 10.6. The Hall–Kier alpha value is -2.26. The molecule has 1 aromatic carbocycles. The molecule has 0 nitrogen and oxygen atoms in total. The third-order valence-electron chi connectivity index (χ3n) is 2.69. The van der Waals surface area contributed by atoms with Gasteiger partial charge in [0.15, 0.2) is 0 Å². The van der Waals surface area contributed by atoms with Gasteiger partial charge in [-0.25, -0.2) is 0 Å². The Balaban J connectivity index is 2.83. The zero-order valence-electron chi connectivity index (χ0n) is 12.3. The van der Waals surface area contributed by atoms with Gasteiger partial charge in [-0.05, 0) is 62.1 Å². The van der Waals surface area contributed by atoms with E-state index in [1.807, 2.05) is 62.4 Å². The summed E-state index contributed by atoms with van der Waals surface area (Å²) in [6, 6.07) is 8.27. The smallest absolute Gasteiger partial charge is 0.00930 e. The molecule has 0 aliphatic heterocycles. The molecule has 0 aliphatic rings. The van der Waals surface area contributed by atoms with E-state index in [2.05, 4.69) is 35.7 Å². The number of benzene rings is 1. The van der Waals surface area contributed by atoms with Gasteiger partial charge in [0, 0.05) is 0 Å². The van der Waals surface area contributed by atoms with E-state index in [0.717, 1.165) is 24.0 Å². The summed E-state index contributed by atoms with van der Waals surface area (Å²) in [5.41, 5.74) is 8.76. The summed E-state index contributed by atoms with van der Waals surface area (Å²) in [7, 11) is 0. The first-order valence-electron chi connectivity index (χ1n) is 7.01. The molecule has 0 amide bonds. The molecule has 102 valence electrons. The maximum absolute atomic E-state index is 3.22. The second-order valence-electron chi connectivity index (χ2n) is 4.27. The summed E-state index contributed by atoms with van der Waals surface area (Å²) in [6.45, 7) is 4.05. The van der Waals surface area contributed by atoms with Crippen molar-refractivity contribution in [1.82, 2.24) is 0 Å². The molecule has 0 aliphatic carbocycles. The van der Waals surface area contributed by atoms with E-state index in [9.17, 15) is 0 Å². The molecule has 0 N–H and O–H groups in total. The summed E-state index contributed by atoms with van der Waals surface area (Å²) < 4.78 is 0. The molecule has 0 fully saturated rings. The Kier molecular flexibility index (Phi) is 8.41. The average molecular weight is 262 g/mol. The number of hydrogen-bond acceptors (Lipinski definition) is 0. The van der Waals surface area contributed by atoms with Crippen molar-refractivity contribution in [1.29, 1.82) is 0 Å². The van der Waals surface area contributed by atoms with Crippen LogP contribution in [-0.2, 0) is 0 Å². The monoisotopic (exact) mass is 262 g/mol. The van der Waals surface area contributed by atoms with Crippen molar-refractivity contribution in [3.8, 4) is 0 Å². The van der Waals surface area contributed by atoms with Crippen LogP contribution in [0, 0.1) is 0 Å². The van der Waals surface area contributed by atoms with Crippen molar-refractivity contribution in [3.63, 3.8) is 0 Å². The SMILES string of the molecule is CC=CCC=C=Cc1ccccc1C=C=CCC=CC. The van der Waals surface area contributed by atoms with Crippen molar-refractivity contribution in [2.75, 3.05) is 0 Å². The molecule has 0 heteroatoms. The topological polar surface area (TPSA) is 0 Å². The molecular weight excluding hydrogens is 240 g/mol. The van der Waals surface area contributed by atoms with Crippen LogP contribution in [0.4, 0.5) is 0 Å². The van der Waals surface area contributed by atoms with E-state index in [-0.39, 0.29) is 0 Å². The number of allylic oxidation sites excluding steroid dienone is 6. The van der Waals surface area contributed by atoms with Crippen molar-refractivity contribution >= 4 is 12.2 Å². The first-order valence-corrected chi connectivity index (χ1v) is 7.01. The van der Waals surface area contributed by atoms with Gasteiger partial charge < -0.3 is 0 Å². The predicted octanol–water partition coefficient (Wildman–Crippen LogP) is 5.96. The maximum atomic E-state index is 3.22. The molecule has 20 heavy (non-hydrogen) atoms. The number of hydrogen-bond donors (Lipinski definition) is 0. The molecule has 1 rings (SSSR count). The van der Waals surface area contributed by atoms with Crippen LogP contribution in [0.1, 0.15) is 37.8 Å². The third-order valence-corrected chi connectivity index (χ3v) is 2.69. The summed E-state index contributed by atoms with van der Waals surface area (Å²) in [4.78, 5) is 0. The summed E-state index contributed by atoms with van der Waals surface area (Å²) >= 11 is 0. The summed E-state index contributed by atoms with van der Waals surface area (Å²) in [6.07, 6.45) is 18.3. The van der Waals surface area contributed by atoms with Crippen LogP contribution < -0.4 is 0 Å². The Morgan fingerprint density at radius 3 is 1.65 bits per heavy atom. The van der Waals surface area contributed by atoms with Gasteiger partial charge in [-0.2, -0.15) is 0 Å². The van der Waals surface area contributed by atoms with Gasteiger partial charge >= 0.3 is 0 Å². The molecule has 0 unspecified atom stereocenters. The van der Waals surface area contributed by atoms with E-state index in [1.165, 1.54) is 0 Å². The normalized spacial score (nSPS) is 10.1. The van der Waals surface area contributed by atoms with E-state index in [1.54, 1.807) is 0 Å². The van der Waals surface area contributed by atoms with Gasteiger partial charge in [0.2, 0.25) is 0 Å². The lowest BCUT2D eigenvalue weighted by Crippen LogP contribution is -1.77. The Bertz CT molecular complexity index is 517. The van der Waals surface area contributed by atoms with Gasteiger partial charge in [0.25, 0.3) is 0 Å². The van der Waals surface area contributed by atoms with Crippen LogP contribution in [0.15, 0.2) is 72.2 Å². The molecule has 0 heterocycles. The number of rotatable bonds is 6. The zero-order valence-corrected chi connectivity index (χ0v) is 12.3. The molecular formula is C20H22. The highest BCUT2D eigenvalue weighted by Crippen LogP contribution is 2.11. The second-order valence-corrected chi connectivity index (χ2v) is 4.27. The van der Waals surface area contributed by atoms with Gasteiger partial charge in [-0.1, -0.05) is 48.6 Å². The fraction of sp³-hybridized carbons (Fsp3) is 0.200. The largest absolute Gasteiger partial charge is 0.124 e. The first kappa shape index (κ1) is 15.8. The molecule has 0 saturated heterocycles. The van der Waals surface area contributed by atoms with Crippen LogP contribution >= 0.6 is 0 Å².